The fraction of sp³-hybridized carbons (Fsp3) is 0.0667. The molecule has 2 aromatic carbocycles. The third kappa shape index (κ3) is 3.38. The molecule has 0 radical (unpaired) electrons. The van der Waals surface area contributed by atoms with E-state index in [1.165, 1.54) is 43.5 Å². The molecule has 108 valence electrons. The molecule has 0 fully saturated rings. The largest absolute Gasteiger partial charge is 0.465 e. The predicted molar refractivity (Wildman–Crippen MR) is 74.2 cm³/mol. The van der Waals surface area contributed by atoms with E-state index >= 15 is 0 Å². The zero-order valence-electron chi connectivity index (χ0n) is 10.9. The Morgan fingerprint density at radius 3 is 2.29 bits per heavy atom. The smallest absolute Gasteiger partial charge is 0.348 e. The van der Waals surface area contributed by atoms with E-state index < -0.39 is 17.8 Å². The summed E-state index contributed by atoms with van der Waals surface area (Å²) in [6.07, 6.45) is 0. The van der Waals surface area contributed by atoms with E-state index in [9.17, 15) is 14.0 Å². The minimum Gasteiger partial charge on any atom is -0.465 e. The fourth-order valence-corrected chi connectivity index (χ4v) is 1.87. The van der Waals surface area contributed by atoms with Gasteiger partial charge in [0.15, 0.2) is 0 Å². The number of esters is 2. The van der Waals surface area contributed by atoms with Crippen LogP contribution >= 0.6 is 11.6 Å². The molecule has 0 aliphatic carbocycles. The fourth-order valence-electron chi connectivity index (χ4n) is 1.63. The molecule has 0 aliphatic heterocycles. The maximum atomic E-state index is 13.6. The van der Waals surface area contributed by atoms with Crippen molar-refractivity contribution >= 4 is 23.5 Å². The number of benzene rings is 2. The lowest BCUT2D eigenvalue weighted by atomic mass is 10.2. The lowest BCUT2D eigenvalue weighted by Crippen LogP contribution is -2.11. The molecule has 0 saturated heterocycles. The molecule has 0 atom stereocenters. The van der Waals surface area contributed by atoms with Gasteiger partial charge in [-0.25, -0.2) is 14.0 Å². The molecular weight excluding hydrogens is 299 g/mol. The van der Waals surface area contributed by atoms with Crippen LogP contribution < -0.4 is 4.74 Å². The van der Waals surface area contributed by atoms with Crippen molar-refractivity contribution in [1.29, 1.82) is 0 Å². The summed E-state index contributed by atoms with van der Waals surface area (Å²) in [5.41, 5.74) is -0.0302. The lowest BCUT2D eigenvalue weighted by Gasteiger charge is -2.07. The highest BCUT2D eigenvalue weighted by Crippen LogP contribution is 2.22. The van der Waals surface area contributed by atoms with Gasteiger partial charge in [-0.1, -0.05) is 17.7 Å². The van der Waals surface area contributed by atoms with Crippen LogP contribution in [-0.4, -0.2) is 19.0 Å². The number of ether oxygens (including phenoxy) is 2. The molecule has 0 saturated carbocycles. The lowest BCUT2D eigenvalue weighted by molar-refractivity contribution is 0.0600. The van der Waals surface area contributed by atoms with Crippen LogP contribution in [0.2, 0.25) is 5.02 Å². The Kier molecular flexibility index (Phi) is 4.55. The van der Waals surface area contributed by atoms with Crippen LogP contribution in [0.3, 0.4) is 0 Å². The van der Waals surface area contributed by atoms with E-state index in [4.69, 9.17) is 16.3 Å². The Morgan fingerprint density at radius 1 is 1.05 bits per heavy atom. The van der Waals surface area contributed by atoms with Crippen LogP contribution in [0.5, 0.6) is 5.75 Å². The van der Waals surface area contributed by atoms with Crippen molar-refractivity contribution in [2.24, 2.45) is 0 Å². The highest BCUT2D eigenvalue weighted by Gasteiger charge is 2.18. The molecule has 0 amide bonds. The molecule has 0 N–H and O–H groups in total. The second-order valence-corrected chi connectivity index (χ2v) is 4.41. The van der Waals surface area contributed by atoms with Gasteiger partial charge in [0.05, 0.1) is 17.7 Å². The van der Waals surface area contributed by atoms with E-state index in [2.05, 4.69) is 4.74 Å². The Bertz CT molecular complexity index is 662. The molecule has 6 heteroatoms. The maximum absolute atomic E-state index is 13.6. The summed E-state index contributed by atoms with van der Waals surface area (Å²) < 4.78 is 23.1. The monoisotopic (exact) mass is 308 g/mol. The number of carbonyl (C=O) groups excluding carboxylic acids is 2. The van der Waals surface area contributed by atoms with Crippen molar-refractivity contribution in [3.63, 3.8) is 0 Å². The van der Waals surface area contributed by atoms with Crippen molar-refractivity contribution in [3.8, 4) is 5.75 Å². The van der Waals surface area contributed by atoms with E-state index in [1.54, 1.807) is 0 Å². The number of methoxy groups -OCH3 is 1. The summed E-state index contributed by atoms with van der Waals surface area (Å²) >= 11 is 5.77. The number of carbonyl (C=O) groups is 2. The summed E-state index contributed by atoms with van der Waals surface area (Å²) in [5, 5.41) is -0.0359. The third-order valence-electron chi connectivity index (χ3n) is 2.65. The third-order valence-corrected chi connectivity index (χ3v) is 2.97. The van der Waals surface area contributed by atoms with Crippen LogP contribution in [0.1, 0.15) is 20.7 Å². The molecule has 4 nitrogen and oxygen atoms in total. The standard InChI is InChI=1S/C15H10ClFO4/c1-20-14(18)9-5-7-10(8-6-9)21-15(19)13-11(16)3-2-4-12(13)17/h2-8H,1H3. The second kappa shape index (κ2) is 6.37. The van der Waals surface area contributed by atoms with Gasteiger partial charge in [-0.3, -0.25) is 0 Å². The highest BCUT2D eigenvalue weighted by molar-refractivity contribution is 6.33. The van der Waals surface area contributed by atoms with E-state index in [1.807, 2.05) is 0 Å². The number of halogens is 2. The summed E-state index contributed by atoms with van der Waals surface area (Å²) in [7, 11) is 1.26. The van der Waals surface area contributed by atoms with E-state index in [-0.39, 0.29) is 16.3 Å². The predicted octanol–water partition coefficient (Wildman–Crippen LogP) is 3.48. The molecule has 0 aliphatic rings. The first kappa shape index (κ1) is 15.0. The van der Waals surface area contributed by atoms with Gasteiger partial charge in [-0.2, -0.15) is 0 Å². The molecule has 0 aromatic heterocycles. The molecule has 21 heavy (non-hydrogen) atoms. The molecule has 2 rings (SSSR count). The molecule has 0 heterocycles. The van der Waals surface area contributed by atoms with Gasteiger partial charge in [0.1, 0.15) is 17.1 Å². The van der Waals surface area contributed by atoms with Gasteiger partial charge in [-0.15, -0.1) is 0 Å². The van der Waals surface area contributed by atoms with E-state index in [0.717, 1.165) is 6.07 Å². The first-order valence-electron chi connectivity index (χ1n) is 5.87. The summed E-state index contributed by atoms with van der Waals surface area (Å²) in [6, 6.07) is 9.55. The first-order valence-corrected chi connectivity index (χ1v) is 6.25. The van der Waals surface area contributed by atoms with Gasteiger partial charge in [-0.05, 0) is 36.4 Å². The van der Waals surface area contributed by atoms with Gasteiger partial charge in [0, 0.05) is 0 Å². The molecular formula is C15H10ClFO4. The molecule has 0 bridgehead atoms. The minimum atomic E-state index is -0.913. The Labute approximate surface area is 125 Å². The highest BCUT2D eigenvalue weighted by atomic mass is 35.5. The van der Waals surface area contributed by atoms with Gasteiger partial charge < -0.3 is 9.47 Å². The average molecular weight is 309 g/mol. The quantitative estimate of drug-likeness (QED) is 0.643. The minimum absolute atomic E-state index is 0.0359. The zero-order valence-corrected chi connectivity index (χ0v) is 11.7. The van der Waals surface area contributed by atoms with Crippen molar-refractivity contribution in [2.45, 2.75) is 0 Å². The van der Waals surface area contributed by atoms with Gasteiger partial charge in [0.2, 0.25) is 0 Å². The van der Waals surface area contributed by atoms with E-state index in [0.29, 0.717) is 5.56 Å². The van der Waals surface area contributed by atoms with Crippen LogP contribution in [0.25, 0.3) is 0 Å². The maximum Gasteiger partial charge on any atom is 0.348 e. The first-order chi connectivity index (χ1) is 10.0. The van der Waals surface area contributed by atoms with Gasteiger partial charge >= 0.3 is 11.9 Å². The normalized spacial score (nSPS) is 10.0. The SMILES string of the molecule is COC(=O)c1ccc(OC(=O)c2c(F)cccc2Cl)cc1. The Morgan fingerprint density at radius 2 is 1.71 bits per heavy atom. The average Bonchev–Trinajstić information content (AvgIpc) is 2.47. The van der Waals surface area contributed by atoms with Crippen molar-refractivity contribution in [2.75, 3.05) is 7.11 Å². The van der Waals surface area contributed by atoms with Crippen LogP contribution in [0.15, 0.2) is 42.5 Å². The van der Waals surface area contributed by atoms with Crippen LogP contribution in [0.4, 0.5) is 4.39 Å². The Balaban J connectivity index is 2.18. The number of rotatable bonds is 3. The van der Waals surface area contributed by atoms with Crippen LogP contribution in [-0.2, 0) is 4.74 Å². The summed E-state index contributed by atoms with van der Waals surface area (Å²) in [5.74, 6) is -2.03. The van der Waals surface area contributed by atoms with Crippen LogP contribution in [0, 0.1) is 5.82 Å². The molecule has 0 unspecified atom stereocenters. The molecule has 2 aromatic rings. The van der Waals surface area contributed by atoms with Gasteiger partial charge in [0.25, 0.3) is 0 Å². The topological polar surface area (TPSA) is 52.6 Å². The van der Waals surface area contributed by atoms with Crippen molar-refractivity contribution < 1.29 is 23.5 Å². The zero-order chi connectivity index (χ0) is 15.4. The summed E-state index contributed by atoms with van der Waals surface area (Å²) in [4.78, 5) is 23.2. The number of hydrogen-bond acceptors (Lipinski definition) is 4. The Hall–Kier alpha value is -2.40. The van der Waals surface area contributed by atoms with Crippen molar-refractivity contribution in [3.05, 3.63) is 64.4 Å². The number of hydrogen-bond donors (Lipinski definition) is 0. The summed E-state index contributed by atoms with van der Waals surface area (Å²) in [6.45, 7) is 0. The van der Waals surface area contributed by atoms with Crippen molar-refractivity contribution in [1.82, 2.24) is 0 Å². The second-order valence-electron chi connectivity index (χ2n) is 4.00. The molecule has 0 spiro atoms.